The molecule has 32 heavy (non-hydrogen) atoms. The van der Waals surface area contributed by atoms with Crippen LogP contribution in [-0.4, -0.2) is 48.1 Å². The van der Waals surface area contributed by atoms with Crippen molar-refractivity contribution in [1.29, 1.82) is 0 Å². The van der Waals surface area contributed by atoms with Crippen LogP contribution in [0.5, 0.6) is 0 Å². The van der Waals surface area contributed by atoms with Crippen molar-refractivity contribution in [2.24, 2.45) is 0 Å². The lowest BCUT2D eigenvalue weighted by molar-refractivity contribution is 0.0985. The molecule has 4 rings (SSSR count). The van der Waals surface area contributed by atoms with Gasteiger partial charge in [-0.2, -0.15) is 0 Å². The molecule has 0 radical (unpaired) electrons. The van der Waals surface area contributed by atoms with E-state index in [0.717, 1.165) is 6.54 Å². The predicted molar refractivity (Wildman–Crippen MR) is 126 cm³/mol. The lowest BCUT2D eigenvalue weighted by Gasteiger charge is -2.21. The molecule has 1 amide bonds. The maximum absolute atomic E-state index is 14.3. The SMILES string of the molecule is Cc1onc(-c2ccccc2Cl)c1C(=O)N(CCCN(C)C)c1nc2c(F)cccc2s1. The van der Waals surface area contributed by atoms with Crippen LogP contribution in [0.3, 0.4) is 0 Å². The molecular formula is C23H22ClFN4O2S. The minimum absolute atomic E-state index is 0.256. The van der Waals surface area contributed by atoms with Gasteiger partial charge in [0, 0.05) is 12.1 Å². The maximum Gasteiger partial charge on any atom is 0.265 e. The number of hydrogen-bond donors (Lipinski definition) is 0. The highest BCUT2D eigenvalue weighted by molar-refractivity contribution is 7.22. The molecule has 6 nitrogen and oxygen atoms in total. The normalized spacial score (nSPS) is 11.4. The molecule has 166 valence electrons. The van der Waals surface area contributed by atoms with E-state index in [0.29, 0.717) is 50.4 Å². The van der Waals surface area contributed by atoms with E-state index in [9.17, 15) is 9.18 Å². The topological polar surface area (TPSA) is 62.5 Å². The third-order valence-electron chi connectivity index (χ3n) is 5.03. The Morgan fingerprint density at radius 3 is 2.66 bits per heavy atom. The molecule has 0 bridgehead atoms. The van der Waals surface area contributed by atoms with E-state index in [4.69, 9.17) is 16.1 Å². The molecule has 2 aromatic carbocycles. The van der Waals surface area contributed by atoms with E-state index in [1.165, 1.54) is 17.4 Å². The van der Waals surface area contributed by atoms with Crippen LogP contribution in [0.4, 0.5) is 9.52 Å². The standard InChI is InChI=1S/C23H22ClFN4O2S/c1-14-19(20(27-31-14)15-8-4-5-9-16(15)24)22(30)29(13-7-12-28(2)3)23-26-21-17(25)10-6-11-18(21)32-23/h4-6,8-11H,7,12-13H2,1-3H3. The Kier molecular flexibility index (Phi) is 6.55. The summed E-state index contributed by atoms with van der Waals surface area (Å²) in [4.78, 5) is 21.9. The largest absolute Gasteiger partial charge is 0.360 e. The highest BCUT2D eigenvalue weighted by Crippen LogP contribution is 2.35. The molecule has 0 N–H and O–H groups in total. The minimum Gasteiger partial charge on any atom is -0.360 e. The van der Waals surface area contributed by atoms with E-state index in [-0.39, 0.29) is 11.4 Å². The molecule has 0 saturated heterocycles. The van der Waals surface area contributed by atoms with Crippen molar-refractivity contribution in [3.63, 3.8) is 0 Å². The average molecular weight is 473 g/mol. The highest BCUT2D eigenvalue weighted by atomic mass is 35.5. The van der Waals surface area contributed by atoms with Crippen molar-refractivity contribution in [3.05, 3.63) is 64.6 Å². The Balaban J connectivity index is 1.78. The van der Waals surface area contributed by atoms with Gasteiger partial charge in [0.15, 0.2) is 5.13 Å². The number of hydrogen-bond acceptors (Lipinski definition) is 6. The minimum atomic E-state index is -0.413. The van der Waals surface area contributed by atoms with Crippen LogP contribution in [0.2, 0.25) is 5.02 Å². The van der Waals surface area contributed by atoms with E-state index in [1.54, 1.807) is 36.1 Å². The number of benzene rings is 2. The number of anilines is 1. The van der Waals surface area contributed by atoms with Gasteiger partial charge in [-0.3, -0.25) is 9.69 Å². The summed E-state index contributed by atoms with van der Waals surface area (Å²) < 4.78 is 20.4. The molecular weight excluding hydrogens is 451 g/mol. The van der Waals surface area contributed by atoms with Crippen LogP contribution >= 0.6 is 22.9 Å². The van der Waals surface area contributed by atoms with Crippen LogP contribution in [0, 0.1) is 12.7 Å². The Labute approximate surface area is 194 Å². The second-order valence-corrected chi connectivity index (χ2v) is 9.06. The van der Waals surface area contributed by atoms with E-state index in [2.05, 4.69) is 10.1 Å². The fourth-order valence-electron chi connectivity index (χ4n) is 3.44. The molecule has 0 fully saturated rings. The van der Waals surface area contributed by atoms with Gasteiger partial charge in [-0.15, -0.1) is 0 Å². The second-order valence-electron chi connectivity index (χ2n) is 7.64. The van der Waals surface area contributed by atoms with Crippen molar-refractivity contribution in [2.75, 3.05) is 32.1 Å². The van der Waals surface area contributed by atoms with Gasteiger partial charge in [0.05, 0.1) is 9.72 Å². The third-order valence-corrected chi connectivity index (χ3v) is 6.40. The maximum atomic E-state index is 14.3. The highest BCUT2D eigenvalue weighted by Gasteiger charge is 2.29. The van der Waals surface area contributed by atoms with E-state index >= 15 is 0 Å². The van der Waals surface area contributed by atoms with Crippen molar-refractivity contribution in [3.8, 4) is 11.3 Å². The van der Waals surface area contributed by atoms with Crippen molar-refractivity contribution < 1.29 is 13.7 Å². The zero-order chi connectivity index (χ0) is 22.8. The molecule has 0 aliphatic heterocycles. The van der Waals surface area contributed by atoms with E-state index in [1.807, 2.05) is 31.1 Å². The quantitative estimate of drug-likeness (QED) is 0.348. The number of para-hydroxylation sites is 1. The summed E-state index contributed by atoms with van der Waals surface area (Å²) in [7, 11) is 3.94. The molecule has 0 spiro atoms. The average Bonchev–Trinajstić information content (AvgIpc) is 3.35. The first-order valence-electron chi connectivity index (χ1n) is 10.1. The Morgan fingerprint density at radius 2 is 1.94 bits per heavy atom. The molecule has 0 aliphatic carbocycles. The fraction of sp³-hybridized carbons (Fsp3) is 0.261. The smallest absolute Gasteiger partial charge is 0.265 e. The van der Waals surface area contributed by atoms with Crippen LogP contribution in [0.1, 0.15) is 22.5 Å². The van der Waals surface area contributed by atoms with Crippen LogP contribution in [-0.2, 0) is 0 Å². The second kappa shape index (κ2) is 9.36. The lowest BCUT2D eigenvalue weighted by Crippen LogP contribution is -2.34. The number of amides is 1. The number of carbonyl (C=O) groups excluding carboxylic acids is 1. The van der Waals surface area contributed by atoms with Gasteiger partial charge in [-0.25, -0.2) is 9.37 Å². The molecule has 2 heterocycles. The van der Waals surface area contributed by atoms with Crippen molar-refractivity contribution in [1.82, 2.24) is 15.0 Å². The van der Waals surface area contributed by atoms with Gasteiger partial charge in [0.1, 0.15) is 28.4 Å². The predicted octanol–water partition coefficient (Wildman–Crippen LogP) is 5.65. The summed E-state index contributed by atoms with van der Waals surface area (Å²) in [6.45, 7) is 2.88. The first kappa shape index (κ1) is 22.4. The molecule has 9 heteroatoms. The van der Waals surface area contributed by atoms with Gasteiger partial charge in [0.2, 0.25) is 0 Å². The number of carbonyl (C=O) groups is 1. The Morgan fingerprint density at radius 1 is 1.16 bits per heavy atom. The van der Waals surface area contributed by atoms with Crippen LogP contribution in [0.15, 0.2) is 47.0 Å². The number of aryl methyl sites for hydroxylation is 1. The molecule has 0 atom stereocenters. The zero-order valence-electron chi connectivity index (χ0n) is 17.9. The van der Waals surface area contributed by atoms with Crippen molar-refractivity contribution in [2.45, 2.75) is 13.3 Å². The number of rotatable bonds is 7. The molecule has 0 saturated carbocycles. The van der Waals surface area contributed by atoms with Gasteiger partial charge in [-0.05, 0) is 52.2 Å². The Bertz CT molecular complexity index is 1270. The summed E-state index contributed by atoms with van der Waals surface area (Å²) in [6.07, 6.45) is 0.711. The third kappa shape index (κ3) is 4.39. The fourth-order valence-corrected chi connectivity index (χ4v) is 4.67. The summed E-state index contributed by atoms with van der Waals surface area (Å²) in [5.41, 5.74) is 1.56. The summed E-state index contributed by atoms with van der Waals surface area (Å²) in [5, 5.41) is 5.02. The summed E-state index contributed by atoms with van der Waals surface area (Å²) in [6, 6.07) is 12.0. The first-order valence-corrected chi connectivity index (χ1v) is 11.3. The van der Waals surface area contributed by atoms with E-state index < -0.39 is 5.82 Å². The number of nitrogens with zero attached hydrogens (tertiary/aromatic N) is 4. The molecule has 4 aromatic rings. The number of thiazole rings is 1. The molecule has 0 aliphatic rings. The first-order chi connectivity index (χ1) is 15.4. The summed E-state index contributed by atoms with van der Waals surface area (Å²) >= 11 is 7.64. The monoisotopic (exact) mass is 472 g/mol. The van der Waals surface area contributed by atoms with Crippen LogP contribution < -0.4 is 4.90 Å². The van der Waals surface area contributed by atoms with Gasteiger partial charge in [0.25, 0.3) is 5.91 Å². The number of halogens is 2. The lowest BCUT2D eigenvalue weighted by atomic mass is 10.1. The van der Waals surface area contributed by atoms with Crippen LogP contribution in [0.25, 0.3) is 21.5 Å². The number of fused-ring (bicyclic) bond motifs is 1. The van der Waals surface area contributed by atoms with Gasteiger partial charge in [-0.1, -0.05) is 52.4 Å². The van der Waals surface area contributed by atoms with Gasteiger partial charge < -0.3 is 9.42 Å². The molecule has 0 unspecified atom stereocenters. The zero-order valence-corrected chi connectivity index (χ0v) is 19.5. The number of aromatic nitrogens is 2. The summed E-state index contributed by atoms with van der Waals surface area (Å²) in [5.74, 6) is -0.338. The Hall–Kier alpha value is -2.81. The van der Waals surface area contributed by atoms with Crippen molar-refractivity contribution >= 4 is 44.2 Å². The van der Waals surface area contributed by atoms with Gasteiger partial charge >= 0.3 is 0 Å². The molecule has 2 aromatic heterocycles.